The average molecular weight is 811 g/mol. The standard InChI is InChI=1S/C42H66O15/c1-37(2)11-13-42(36(52)53)14-12-40(5)20(21(42)15-37)7-8-26-38(3)16-22(46)33(39(4,19-45)25(38)9-10-41(26,40)6)57-35-32(30(50)28(48)24(18-44)55-35)56-34-31(51)29(49)27(47)23(17-43)54-34/h7,19,21-35,43-44,46-51H,8-18H2,1-6H3,(H,52,53)/t21-,22-,23+,24+,25+,26+,27+,28+,29-,30-,31+,32+,33-,34-,35-,38-,39-,40+,41+,42-/m0/s1. The Kier molecular flexibility index (Phi) is 11.3. The molecule has 6 fully saturated rings. The maximum Gasteiger partial charge on any atom is 0.310 e. The van der Waals surface area contributed by atoms with Crippen molar-refractivity contribution in [2.75, 3.05) is 13.2 Å². The molecule has 0 amide bonds. The van der Waals surface area contributed by atoms with E-state index in [-0.39, 0.29) is 40.4 Å². The highest BCUT2D eigenvalue weighted by molar-refractivity contribution is 5.76. The van der Waals surface area contributed by atoms with Crippen LogP contribution in [-0.4, -0.2) is 145 Å². The van der Waals surface area contributed by atoms with E-state index in [0.717, 1.165) is 32.0 Å². The van der Waals surface area contributed by atoms with Crippen molar-refractivity contribution in [2.24, 2.45) is 50.2 Å². The van der Waals surface area contributed by atoms with E-state index in [1.165, 1.54) is 5.57 Å². The predicted octanol–water partition coefficient (Wildman–Crippen LogP) is 1.03. The third-order valence-electron chi connectivity index (χ3n) is 17.2. The van der Waals surface area contributed by atoms with Crippen LogP contribution in [0.5, 0.6) is 0 Å². The van der Waals surface area contributed by atoms with Crippen LogP contribution < -0.4 is 0 Å². The van der Waals surface area contributed by atoms with Gasteiger partial charge in [-0.3, -0.25) is 4.79 Å². The lowest BCUT2D eigenvalue weighted by Gasteiger charge is -2.71. The largest absolute Gasteiger partial charge is 0.481 e. The Bertz CT molecular complexity index is 1570. The first-order valence-electron chi connectivity index (χ1n) is 20.9. The van der Waals surface area contributed by atoms with Crippen molar-refractivity contribution in [1.29, 1.82) is 0 Å². The number of carboxylic acids is 1. The van der Waals surface area contributed by atoms with E-state index in [1.807, 2.05) is 0 Å². The fourth-order valence-corrected chi connectivity index (χ4v) is 13.6. The van der Waals surface area contributed by atoms with Crippen LogP contribution in [0.15, 0.2) is 11.6 Å². The molecular formula is C42H66O15. The van der Waals surface area contributed by atoms with E-state index < -0.39 is 109 Å². The summed E-state index contributed by atoms with van der Waals surface area (Å²) in [5.74, 6) is -1.03. The Morgan fingerprint density at radius 2 is 1.39 bits per heavy atom. The molecule has 2 saturated heterocycles. The van der Waals surface area contributed by atoms with Crippen LogP contribution in [0.2, 0.25) is 0 Å². The summed E-state index contributed by atoms with van der Waals surface area (Å²) in [5, 5.41) is 96.2. The van der Waals surface area contributed by atoms with Crippen LogP contribution in [0.3, 0.4) is 0 Å². The number of carbonyl (C=O) groups excluding carboxylic acids is 1. The van der Waals surface area contributed by atoms with E-state index in [2.05, 4.69) is 40.7 Å². The fourth-order valence-electron chi connectivity index (χ4n) is 13.6. The molecule has 7 aliphatic rings. The molecule has 5 aliphatic carbocycles. The minimum absolute atomic E-state index is 0.0185. The normalized spacial score (nSPS) is 54.6. The number of rotatable bonds is 8. The molecule has 0 bridgehead atoms. The van der Waals surface area contributed by atoms with Gasteiger partial charge in [-0.15, -0.1) is 0 Å². The SMILES string of the molecule is CC1(C)CC[C@]2(C(=O)O)CC[C@]3(C)C(=CC[C@@H]4[C@@]5(C)C[C@H](O)[C@H](O[C@@H]6O[C@H](CO)[C@@H](O)[C@H](O)[C@H]6O[C@@H]6O[C@H](CO)[C@@H](O)[C@H](O)[C@H]6O)[C@@](C)(C=O)[C@@H]5CC[C@]43C)[C@@H]2C1. The third-order valence-corrected chi connectivity index (χ3v) is 17.2. The Balaban J connectivity index is 1.19. The van der Waals surface area contributed by atoms with Crippen LogP contribution in [0.1, 0.15) is 99.3 Å². The average Bonchev–Trinajstić information content (AvgIpc) is 3.15. The number of allylic oxidation sites excluding steroid dienone is 2. The first-order chi connectivity index (χ1) is 26.6. The Hall–Kier alpha value is -1.60. The maximum atomic E-state index is 13.6. The summed E-state index contributed by atoms with van der Waals surface area (Å²) < 4.78 is 23.8. The second-order valence-electron chi connectivity index (χ2n) is 20.5. The quantitative estimate of drug-likeness (QED) is 0.0944. The van der Waals surface area contributed by atoms with Crippen LogP contribution in [0.4, 0.5) is 0 Å². The molecule has 7 rings (SSSR count). The lowest BCUT2D eigenvalue weighted by Crippen LogP contribution is -2.69. The number of fused-ring (bicyclic) bond motifs is 7. The summed E-state index contributed by atoms with van der Waals surface area (Å²) in [4.78, 5) is 26.6. The van der Waals surface area contributed by atoms with Gasteiger partial charge in [0.15, 0.2) is 12.6 Å². The molecule has 2 aliphatic heterocycles. The zero-order valence-corrected chi connectivity index (χ0v) is 34.1. The molecular weight excluding hydrogens is 744 g/mol. The van der Waals surface area contributed by atoms with Gasteiger partial charge in [-0.1, -0.05) is 53.2 Å². The van der Waals surface area contributed by atoms with Gasteiger partial charge in [-0.05, 0) is 97.2 Å². The molecule has 15 nitrogen and oxygen atoms in total. The molecule has 324 valence electrons. The summed E-state index contributed by atoms with van der Waals surface area (Å²) in [6, 6.07) is 0. The first kappa shape index (κ1) is 43.5. The van der Waals surface area contributed by atoms with Gasteiger partial charge in [-0.2, -0.15) is 0 Å². The highest BCUT2D eigenvalue weighted by Crippen LogP contribution is 2.76. The smallest absolute Gasteiger partial charge is 0.310 e. The molecule has 0 unspecified atom stereocenters. The van der Waals surface area contributed by atoms with Crippen molar-refractivity contribution >= 4 is 12.3 Å². The van der Waals surface area contributed by atoms with Crippen molar-refractivity contribution in [2.45, 2.75) is 173 Å². The lowest BCUT2D eigenvalue weighted by molar-refractivity contribution is -0.381. The van der Waals surface area contributed by atoms with Crippen molar-refractivity contribution in [3.63, 3.8) is 0 Å². The van der Waals surface area contributed by atoms with Gasteiger partial charge in [0.2, 0.25) is 0 Å². The second-order valence-corrected chi connectivity index (χ2v) is 20.5. The number of hydrogen-bond donors (Lipinski definition) is 9. The van der Waals surface area contributed by atoms with Crippen LogP contribution >= 0.6 is 0 Å². The van der Waals surface area contributed by atoms with Gasteiger partial charge in [0.1, 0.15) is 55.1 Å². The van der Waals surface area contributed by atoms with E-state index >= 15 is 0 Å². The maximum absolute atomic E-state index is 13.6. The number of carboxylic acid groups (broad SMARTS) is 1. The zero-order valence-electron chi connectivity index (χ0n) is 34.1. The van der Waals surface area contributed by atoms with Crippen LogP contribution in [-0.2, 0) is 28.5 Å². The van der Waals surface area contributed by atoms with Gasteiger partial charge in [0, 0.05) is 0 Å². The first-order valence-corrected chi connectivity index (χ1v) is 20.9. The van der Waals surface area contributed by atoms with Crippen molar-refractivity contribution in [3.8, 4) is 0 Å². The van der Waals surface area contributed by atoms with Crippen LogP contribution in [0, 0.1) is 50.2 Å². The predicted molar refractivity (Wildman–Crippen MR) is 200 cm³/mol. The molecule has 0 aromatic carbocycles. The molecule has 9 N–H and O–H groups in total. The molecule has 2 heterocycles. The third kappa shape index (κ3) is 6.35. The number of aliphatic hydroxyl groups excluding tert-OH is 8. The number of carbonyl (C=O) groups is 2. The lowest BCUT2D eigenvalue weighted by atomic mass is 9.33. The summed E-state index contributed by atoms with van der Waals surface area (Å²) in [6.45, 7) is 11.6. The van der Waals surface area contributed by atoms with E-state index in [9.17, 15) is 55.5 Å². The van der Waals surface area contributed by atoms with Crippen molar-refractivity contribution < 1.29 is 74.5 Å². The van der Waals surface area contributed by atoms with Gasteiger partial charge in [-0.25, -0.2) is 0 Å². The Labute approximate surface area is 334 Å². The molecule has 15 heteroatoms. The Morgan fingerprint density at radius 1 is 0.772 bits per heavy atom. The van der Waals surface area contributed by atoms with Gasteiger partial charge < -0.3 is 69.7 Å². The minimum Gasteiger partial charge on any atom is -0.481 e. The molecule has 0 radical (unpaired) electrons. The number of aliphatic carboxylic acids is 1. The summed E-state index contributed by atoms with van der Waals surface area (Å²) in [6.07, 6.45) is -9.94. The summed E-state index contributed by atoms with van der Waals surface area (Å²) in [5.41, 5.74) is -1.94. The van der Waals surface area contributed by atoms with E-state index in [0.29, 0.717) is 25.7 Å². The zero-order chi connectivity index (χ0) is 41.8. The number of aliphatic hydroxyl groups is 8. The Morgan fingerprint density at radius 3 is 2.00 bits per heavy atom. The van der Waals surface area contributed by atoms with Gasteiger partial charge in [0.25, 0.3) is 0 Å². The van der Waals surface area contributed by atoms with Crippen molar-refractivity contribution in [1.82, 2.24) is 0 Å². The second kappa shape index (κ2) is 14.8. The minimum atomic E-state index is -1.86. The highest BCUT2D eigenvalue weighted by Gasteiger charge is 2.71. The van der Waals surface area contributed by atoms with Crippen LogP contribution in [0.25, 0.3) is 0 Å². The number of hydrogen-bond acceptors (Lipinski definition) is 14. The molecule has 0 aromatic heterocycles. The number of aldehydes is 1. The monoisotopic (exact) mass is 810 g/mol. The molecule has 0 spiro atoms. The van der Waals surface area contributed by atoms with Gasteiger partial charge >= 0.3 is 5.97 Å². The van der Waals surface area contributed by atoms with Gasteiger partial charge in [0.05, 0.1) is 36.3 Å². The summed E-state index contributed by atoms with van der Waals surface area (Å²) in [7, 11) is 0. The van der Waals surface area contributed by atoms with Crippen molar-refractivity contribution in [3.05, 3.63) is 11.6 Å². The fraction of sp³-hybridized carbons (Fsp3) is 0.905. The molecule has 4 saturated carbocycles. The summed E-state index contributed by atoms with van der Waals surface area (Å²) >= 11 is 0. The molecule has 0 aromatic rings. The topological polar surface area (TPSA) is 253 Å². The highest BCUT2D eigenvalue weighted by atomic mass is 16.8. The van der Waals surface area contributed by atoms with E-state index in [4.69, 9.17) is 18.9 Å². The molecule has 57 heavy (non-hydrogen) atoms. The molecule has 20 atom stereocenters. The van der Waals surface area contributed by atoms with E-state index in [1.54, 1.807) is 6.92 Å². The number of ether oxygens (including phenoxy) is 4.